The molecule has 0 fully saturated rings. The van der Waals surface area contributed by atoms with Gasteiger partial charge in [0.15, 0.2) is 0 Å². The maximum Gasteiger partial charge on any atom is 0.0588 e. The first-order valence-electron chi connectivity index (χ1n) is 4.09. The summed E-state index contributed by atoms with van der Waals surface area (Å²) in [5.74, 6) is 0. The van der Waals surface area contributed by atoms with Crippen LogP contribution in [0.4, 0.5) is 0 Å². The van der Waals surface area contributed by atoms with Crippen molar-refractivity contribution in [3.05, 3.63) is 18.0 Å². The first-order valence-corrected chi connectivity index (χ1v) is 4.09. The maximum absolute atomic E-state index is 5.28. The zero-order chi connectivity index (χ0) is 8.81. The monoisotopic (exact) mass is 169 g/mol. The van der Waals surface area contributed by atoms with E-state index in [9.17, 15) is 0 Å². The first-order chi connectivity index (χ1) is 5.84. The lowest BCUT2D eigenvalue weighted by molar-refractivity contribution is 0.143. The second kappa shape index (κ2) is 4.90. The SMILES string of the molecule is Cn1nccc1CCOCCN. The molecule has 0 atom stereocenters. The van der Waals surface area contributed by atoms with Gasteiger partial charge in [-0.05, 0) is 6.07 Å². The Labute approximate surface area is 72.3 Å². The molecule has 0 spiro atoms. The number of hydrogen-bond donors (Lipinski definition) is 1. The molecule has 0 saturated heterocycles. The zero-order valence-corrected chi connectivity index (χ0v) is 7.36. The van der Waals surface area contributed by atoms with Crippen LogP contribution in [0.25, 0.3) is 0 Å². The van der Waals surface area contributed by atoms with Gasteiger partial charge in [0.05, 0.1) is 13.2 Å². The molecule has 0 unspecified atom stereocenters. The summed E-state index contributed by atoms with van der Waals surface area (Å²) in [5, 5.41) is 4.05. The van der Waals surface area contributed by atoms with Gasteiger partial charge >= 0.3 is 0 Å². The molecule has 2 N–H and O–H groups in total. The Kier molecular flexibility index (Phi) is 3.76. The molecule has 0 saturated carbocycles. The van der Waals surface area contributed by atoms with Crippen LogP contribution in [-0.2, 0) is 18.2 Å². The summed E-state index contributed by atoms with van der Waals surface area (Å²) in [6.45, 7) is 1.94. The van der Waals surface area contributed by atoms with Gasteiger partial charge in [0.1, 0.15) is 0 Å². The summed E-state index contributed by atoms with van der Waals surface area (Å²) in [7, 11) is 1.93. The molecule has 0 amide bonds. The Morgan fingerprint density at radius 2 is 2.42 bits per heavy atom. The van der Waals surface area contributed by atoms with Crippen LogP contribution in [0.3, 0.4) is 0 Å². The lowest BCUT2D eigenvalue weighted by atomic mass is 10.3. The van der Waals surface area contributed by atoms with Crippen LogP contribution in [0.5, 0.6) is 0 Å². The van der Waals surface area contributed by atoms with Gasteiger partial charge < -0.3 is 10.5 Å². The van der Waals surface area contributed by atoms with Crippen molar-refractivity contribution in [2.45, 2.75) is 6.42 Å². The second-order valence-corrected chi connectivity index (χ2v) is 2.60. The lowest BCUT2D eigenvalue weighted by Gasteiger charge is -2.02. The van der Waals surface area contributed by atoms with Gasteiger partial charge in [-0.1, -0.05) is 0 Å². The second-order valence-electron chi connectivity index (χ2n) is 2.60. The van der Waals surface area contributed by atoms with Crippen LogP contribution in [0.2, 0.25) is 0 Å². The van der Waals surface area contributed by atoms with Crippen LogP contribution in [0.1, 0.15) is 5.69 Å². The molecule has 12 heavy (non-hydrogen) atoms. The van der Waals surface area contributed by atoms with Crippen LogP contribution in [0.15, 0.2) is 12.3 Å². The van der Waals surface area contributed by atoms with Gasteiger partial charge in [-0.25, -0.2) is 0 Å². The molecule has 0 aliphatic carbocycles. The smallest absolute Gasteiger partial charge is 0.0588 e. The van der Waals surface area contributed by atoms with Gasteiger partial charge in [0, 0.05) is 31.9 Å². The van der Waals surface area contributed by atoms with E-state index in [0.29, 0.717) is 13.2 Å². The highest BCUT2D eigenvalue weighted by Gasteiger charge is 1.96. The van der Waals surface area contributed by atoms with E-state index in [-0.39, 0.29) is 0 Å². The molecule has 1 aromatic heterocycles. The molecule has 4 nitrogen and oxygen atoms in total. The van der Waals surface area contributed by atoms with E-state index in [2.05, 4.69) is 5.10 Å². The van der Waals surface area contributed by atoms with Gasteiger partial charge in [0.2, 0.25) is 0 Å². The minimum Gasteiger partial charge on any atom is -0.380 e. The minimum atomic E-state index is 0.589. The van der Waals surface area contributed by atoms with Crippen molar-refractivity contribution >= 4 is 0 Å². The van der Waals surface area contributed by atoms with Crippen molar-refractivity contribution in [1.29, 1.82) is 0 Å². The Bertz CT molecular complexity index is 222. The number of hydrogen-bond acceptors (Lipinski definition) is 3. The van der Waals surface area contributed by atoms with Crippen molar-refractivity contribution in [1.82, 2.24) is 9.78 Å². The van der Waals surface area contributed by atoms with E-state index >= 15 is 0 Å². The highest BCUT2D eigenvalue weighted by Crippen LogP contribution is 1.97. The Morgan fingerprint density at radius 3 is 3.00 bits per heavy atom. The van der Waals surface area contributed by atoms with Crippen molar-refractivity contribution in [3.63, 3.8) is 0 Å². The fraction of sp³-hybridized carbons (Fsp3) is 0.625. The summed E-state index contributed by atoms with van der Waals surface area (Å²) in [6, 6.07) is 1.99. The fourth-order valence-corrected chi connectivity index (χ4v) is 1.01. The van der Waals surface area contributed by atoms with Crippen molar-refractivity contribution < 1.29 is 4.74 Å². The van der Waals surface area contributed by atoms with Crippen LogP contribution < -0.4 is 5.73 Å². The van der Waals surface area contributed by atoms with Crippen molar-refractivity contribution in [2.24, 2.45) is 12.8 Å². The Morgan fingerprint density at radius 1 is 1.58 bits per heavy atom. The average Bonchev–Trinajstić information content (AvgIpc) is 2.46. The van der Waals surface area contributed by atoms with Gasteiger partial charge in [0.25, 0.3) is 0 Å². The Balaban J connectivity index is 2.20. The predicted octanol–water partition coefficient (Wildman–Crippen LogP) is -0.0621. The quantitative estimate of drug-likeness (QED) is 0.628. The van der Waals surface area contributed by atoms with Crippen LogP contribution in [-0.4, -0.2) is 29.5 Å². The van der Waals surface area contributed by atoms with E-state index in [0.717, 1.165) is 13.0 Å². The Hall–Kier alpha value is -0.870. The molecule has 4 heteroatoms. The summed E-state index contributed by atoms with van der Waals surface area (Å²) in [6.07, 6.45) is 2.69. The van der Waals surface area contributed by atoms with E-state index in [1.807, 2.05) is 17.8 Å². The normalized spacial score (nSPS) is 10.5. The number of aromatic nitrogens is 2. The van der Waals surface area contributed by atoms with E-state index < -0.39 is 0 Å². The summed E-state index contributed by atoms with van der Waals surface area (Å²) in [5.41, 5.74) is 6.46. The summed E-state index contributed by atoms with van der Waals surface area (Å²) in [4.78, 5) is 0. The summed E-state index contributed by atoms with van der Waals surface area (Å²) < 4.78 is 7.10. The van der Waals surface area contributed by atoms with Gasteiger partial charge in [-0.2, -0.15) is 5.10 Å². The summed E-state index contributed by atoms with van der Waals surface area (Å²) >= 11 is 0. The van der Waals surface area contributed by atoms with Gasteiger partial charge in [-0.15, -0.1) is 0 Å². The van der Waals surface area contributed by atoms with Crippen molar-refractivity contribution in [3.8, 4) is 0 Å². The molecule has 0 aliphatic heterocycles. The van der Waals surface area contributed by atoms with E-state index in [4.69, 9.17) is 10.5 Å². The highest BCUT2D eigenvalue weighted by atomic mass is 16.5. The van der Waals surface area contributed by atoms with E-state index in [1.54, 1.807) is 6.20 Å². The molecular weight excluding hydrogens is 154 g/mol. The molecular formula is C8H15N3O. The molecule has 0 aliphatic rings. The molecule has 1 heterocycles. The van der Waals surface area contributed by atoms with Crippen LogP contribution in [0, 0.1) is 0 Å². The van der Waals surface area contributed by atoms with E-state index in [1.165, 1.54) is 5.69 Å². The topological polar surface area (TPSA) is 53.1 Å². The number of nitrogens with zero attached hydrogens (tertiary/aromatic N) is 2. The minimum absolute atomic E-state index is 0.589. The third kappa shape index (κ3) is 2.64. The van der Waals surface area contributed by atoms with Gasteiger partial charge in [-0.3, -0.25) is 4.68 Å². The predicted molar refractivity (Wildman–Crippen MR) is 46.8 cm³/mol. The average molecular weight is 169 g/mol. The largest absolute Gasteiger partial charge is 0.380 e. The number of rotatable bonds is 5. The number of nitrogens with two attached hydrogens (primary N) is 1. The lowest BCUT2D eigenvalue weighted by Crippen LogP contribution is -2.11. The molecule has 68 valence electrons. The molecule has 0 bridgehead atoms. The fourth-order valence-electron chi connectivity index (χ4n) is 1.01. The third-order valence-electron chi connectivity index (χ3n) is 1.69. The van der Waals surface area contributed by atoms with Crippen LogP contribution >= 0.6 is 0 Å². The highest BCUT2D eigenvalue weighted by molar-refractivity contribution is 4.99. The molecule has 0 radical (unpaired) electrons. The zero-order valence-electron chi connectivity index (χ0n) is 7.36. The molecule has 0 aromatic carbocycles. The first kappa shape index (κ1) is 9.22. The molecule has 1 rings (SSSR count). The maximum atomic E-state index is 5.28. The molecule has 1 aromatic rings. The van der Waals surface area contributed by atoms with Crippen molar-refractivity contribution in [2.75, 3.05) is 19.8 Å². The number of aryl methyl sites for hydroxylation is 1. The third-order valence-corrected chi connectivity index (χ3v) is 1.69. The standard InChI is InChI=1S/C8H15N3O/c1-11-8(2-5-10-11)3-6-12-7-4-9/h2,5H,3-4,6-7,9H2,1H3. The number of ether oxygens (including phenoxy) is 1.